The van der Waals surface area contributed by atoms with Crippen molar-refractivity contribution in [2.75, 3.05) is 19.7 Å². The molecule has 0 saturated carbocycles. The third kappa shape index (κ3) is 3.84. The number of aliphatic hydroxyl groups is 1. The lowest BCUT2D eigenvalue weighted by atomic mass is 9.95. The van der Waals surface area contributed by atoms with Crippen LogP contribution in [0.2, 0.25) is 0 Å². The van der Waals surface area contributed by atoms with Crippen LogP contribution in [0.5, 0.6) is 0 Å². The van der Waals surface area contributed by atoms with Gasteiger partial charge < -0.3 is 10.0 Å². The Bertz CT molecular complexity index is 351. The van der Waals surface area contributed by atoms with E-state index in [1.54, 1.807) is 0 Å². The first-order valence-electron chi connectivity index (χ1n) is 6.69. The molecule has 0 spiro atoms. The molecule has 0 bridgehead atoms. The van der Waals surface area contributed by atoms with Crippen LogP contribution in [0.1, 0.15) is 38.2 Å². The van der Waals surface area contributed by atoms with Crippen LogP contribution < -0.4 is 0 Å². The summed E-state index contributed by atoms with van der Waals surface area (Å²) in [6.07, 6.45) is 1.45. The fraction of sp³-hybridized carbons (Fsp3) is 0.533. The Balaban J connectivity index is 2.78. The maximum absolute atomic E-state index is 12.5. The lowest BCUT2D eigenvalue weighted by Gasteiger charge is -2.25. The normalized spacial score (nSPS) is 12.2. The first-order valence-corrected chi connectivity index (χ1v) is 6.69. The number of carbonyl (C=O) groups is 1. The van der Waals surface area contributed by atoms with Crippen molar-refractivity contribution < 1.29 is 9.90 Å². The molecule has 0 fully saturated rings. The lowest BCUT2D eigenvalue weighted by molar-refractivity contribution is -0.132. The summed E-state index contributed by atoms with van der Waals surface area (Å²) in [4.78, 5) is 14.3. The summed E-state index contributed by atoms with van der Waals surface area (Å²) in [6, 6.07) is 9.91. The minimum absolute atomic E-state index is 0.0650. The van der Waals surface area contributed by atoms with Crippen LogP contribution >= 0.6 is 0 Å². The second kappa shape index (κ2) is 7.88. The van der Waals surface area contributed by atoms with Gasteiger partial charge in [0.05, 0.1) is 5.92 Å². The molecular formula is C15H23NO2. The van der Waals surface area contributed by atoms with Gasteiger partial charge >= 0.3 is 0 Å². The fourth-order valence-corrected chi connectivity index (χ4v) is 2.14. The molecule has 1 N–H and O–H groups in total. The summed E-state index contributed by atoms with van der Waals surface area (Å²) in [5.74, 6) is 0.101. The maximum Gasteiger partial charge on any atom is 0.230 e. The molecule has 0 aliphatic heterocycles. The molecule has 1 rings (SSSR count). The number of hydrogen-bond acceptors (Lipinski definition) is 2. The van der Waals surface area contributed by atoms with Gasteiger partial charge in [-0.15, -0.1) is 0 Å². The van der Waals surface area contributed by atoms with Crippen LogP contribution in [0.3, 0.4) is 0 Å². The number of nitrogens with zero attached hydrogens (tertiary/aromatic N) is 1. The van der Waals surface area contributed by atoms with Crippen molar-refractivity contribution in [3.63, 3.8) is 0 Å². The predicted octanol–water partition coefficient (Wildman–Crippen LogP) is 2.41. The van der Waals surface area contributed by atoms with Gasteiger partial charge in [-0.2, -0.15) is 0 Å². The van der Waals surface area contributed by atoms with Crippen LogP contribution in [0.15, 0.2) is 30.3 Å². The van der Waals surface area contributed by atoms with Crippen LogP contribution in [-0.4, -0.2) is 35.6 Å². The average molecular weight is 249 g/mol. The van der Waals surface area contributed by atoms with Crippen molar-refractivity contribution >= 4 is 5.91 Å². The zero-order valence-corrected chi connectivity index (χ0v) is 11.3. The number of carbonyl (C=O) groups excluding carboxylic acids is 1. The van der Waals surface area contributed by atoms with Crippen molar-refractivity contribution in [1.82, 2.24) is 4.90 Å². The number of aliphatic hydroxyl groups excluding tert-OH is 1. The molecule has 100 valence electrons. The highest BCUT2D eigenvalue weighted by Gasteiger charge is 2.22. The number of hydrogen-bond donors (Lipinski definition) is 1. The minimum Gasteiger partial charge on any atom is -0.396 e. The first-order chi connectivity index (χ1) is 8.74. The van der Waals surface area contributed by atoms with Crippen LogP contribution in [0.4, 0.5) is 0 Å². The zero-order chi connectivity index (χ0) is 13.4. The molecule has 0 aromatic heterocycles. The summed E-state index contributed by atoms with van der Waals surface area (Å²) in [5.41, 5.74) is 1.08. The molecule has 1 aromatic rings. The van der Waals surface area contributed by atoms with Crippen molar-refractivity contribution in [3.05, 3.63) is 35.9 Å². The Morgan fingerprint density at radius 2 is 1.94 bits per heavy atom. The van der Waals surface area contributed by atoms with Gasteiger partial charge in [-0.05, 0) is 25.3 Å². The molecule has 0 aliphatic carbocycles. The monoisotopic (exact) mass is 249 g/mol. The van der Waals surface area contributed by atoms with Gasteiger partial charge in [-0.25, -0.2) is 0 Å². The van der Waals surface area contributed by atoms with E-state index in [9.17, 15) is 4.79 Å². The standard InChI is InChI=1S/C15H23NO2/c1-3-14(13-9-6-5-7-10-13)15(18)16(4-2)11-8-12-17/h5-7,9-10,14,17H,3-4,8,11-12H2,1-2H3. The van der Waals surface area contributed by atoms with Gasteiger partial charge in [0.2, 0.25) is 5.91 Å². The van der Waals surface area contributed by atoms with E-state index in [-0.39, 0.29) is 18.4 Å². The summed E-state index contributed by atoms with van der Waals surface area (Å²) in [6.45, 7) is 5.48. The molecule has 18 heavy (non-hydrogen) atoms. The van der Waals surface area contributed by atoms with Crippen LogP contribution in [-0.2, 0) is 4.79 Å². The third-order valence-electron chi connectivity index (χ3n) is 3.19. The quantitative estimate of drug-likeness (QED) is 0.806. The van der Waals surface area contributed by atoms with Crippen molar-refractivity contribution in [3.8, 4) is 0 Å². The molecule has 1 unspecified atom stereocenters. The van der Waals surface area contributed by atoms with Gasteiger partial charge in [0, 0.05) is 19.7 Å². The molecule has 0 saturated heterocycles. The fourth-order valence-electron chi connectivity index (χ4n) is 2.14. The summed E-state index contributed by atoms with van der Waals surface area (Å²) in [7, 11) is 0. The van der Waals surface area contributed by atoms with E-state index in [1.165, 1.54) is 0 Å². The smallest absolute Gasteiger partial charge is 0.230 e. The lowest BCUT2D eigenvalue weighted by Crippen LogP contribution is -2.36. The molecule has 1 amide bonds. The highest BCUT2D eigenvalue weighted by molar-refractivity contribution is 5.83. The molecule has 1 aromatic carbocycles. The van der Waals surface area contributed by atoms with E-state index < -0.39 is 0 Å². The van der Waals surface area contributed by atoms with E-state index in [1.807, 2.05) is 49.1 Å². The Hall–Kier alpha value is -1.35. The van der Waals surface area contributed by atoms with E-state index >= 15 is 0 Å². The molecule has 0 radical (unpaired) electrons. The zero-order valence-electron chi connectivity index (χ0n) is 11.3. The summed E-state index contributed by atoms with van der Waals surface area (Å²) in [5, 5.41) is 8.87. The first kappa shape index (κ1) is 14.7. The molecule has 3 heteroatoms. The second-order valence-corrected chi connectivity index (χ2v) is 4.37. The third-order valence-corrected chi connectivity index (χ3v) is 3.19. The molecule has 3 nitrogen and oxygen atoms in total. The summed E-state index contributed by atoms with van der Waals surface area (Å²) < 4.78 is 0. The minimum atomic E-state index is -0.0650. The van der Waals surface area contributed by atoms with Crippen LogP contribution in [0.25, 0.3) is 0 Å². The van der Waals surface area contributed by atoms with Gasteiger partial charge in [-0.3, -0.25) is 4.79 Å². The van der Waals surface area contributed by atoms with Gasteiger partial charge in [0.15, 0.2) is 0 Å². The molecular weight excluding hydrogens is 226 g/mol. The van der Waals surface area contributed by atoms with Crippen molar-refractivity contribution in [1.29, 1.82) is 0 Å². The second-order valence-electron chi connectivity index (χ2n) is 4.37. The number of likely N-dealkylation sites (N-methyl/N-ethyl adjacent to an activating group) is 1. The van der Waals surface area contributed by atoms with E-state index in [2.05, 4.69) is 0 Å². The Kier molecular flexibility index (Phi) is 6.44. The van der Waals surface area contributed by atoms with Gasteiger partial charge in [0.25, 0.3) is 0 Å². The van der Waals surface area contributed by atoms with Gasteiger partial charge in [-0.1, -0.05) is 37.3 Å². The Morgan fingerprint density at radius 1 is 1.28 bits per heavy atom. The SMILES string of the molecule is CCC(C(=O)N(CC)CCCO)c1ccccc1. The Morgan fingerprint density at radius 3 is 2.44 bits per heavy atom. The summed E-state index contributed by atoms with van der Waals surface area (Å²) >= 11 is 0. The maximum atomic E-state index is 12.5. The number of rotatable bonds is 7. The molecule has 1 atom stereocenters. The molecule has 0 heterocycles. The average Bonchev–Trinajstić information content (AvgIpc) is 2.42. The highest BCUT2D eigenvalue weighted by Crippen LogP contribution is 2.21. The van der Waals surface area contributed by atoms with E-state index in [0.29, 0.717) is 19.5 Å². The van der Waals surface area contributed by atoms with Crippen molar-refractivity contribution in [2.24, 2.45) is 0 Å². The number of benzene rings is 1. The highest BCUT2D eigenvalue weighted by atomic mass is 16.3. The number of amides is 1. The van der Waals surface area contributed by atoms with E-state index in [4.69, 9.17) is 5.11 Å². The van der Waals surface area contributed by atoms with Gasteiger partial charge in [0.1, 0.15) is 0 Å². The van der Waals surface area contributed by atoms with E-state index in [0.717, 1.165) is 12.0 Å². The molecule has 0 aliphatic rings. The topological polar surface area (TPSA) is 40.5 Å². The Labute approximate surface area is 109 Å². The largest absolute Gasteiger partial charge is 0.396 e. The van der Waals surface area contributed by atoms with Crippen LogP contribution in [0, 0.1) is 0 Å². The predicted molar refractivity (Wildman–Crippen MR) is 73.4 cm³/mol. The van der Waals surface area contributed by atoms with Crippen molar-refractivity contribution in [2.45, 2.75) is 32.6 Å².